The molecule has 61 heavy (non-hydrogen) atoms. The summed E-state index contributed by atoms with van der Waals surface area (Å²) in [6.45, 7) is 22.5. The molecule has 0 bridgehead atoms. The second kappa shape index (κ2) is 14.7. The molecule has 0 aliphatic carbocycles. The van der Waals surface area contributed by atoms with Crippen LogP contribution in [0.1, 0.15) is 79.0 Å². The first kappa shape index (κ1) is 40.6. The summed E-state index contributed by atoms with van der Waals surface area (Å²) in [5, 5.41) is 4.27. The van der Waals surface area contributed by atoms with Crippen molar-refractivity contribution >= 4 is 66.5 Å². The van der Waals surface area contributed by atoms with Gasteiger partial charge in [0.2, 0.25) is 0 Å². The normalized spacial score (nSPS) is 13.4. The van der Waals surface area contributed by atoms with Crippen LogP contribution < -0.4 is 14.5 Å². The fraction of sp³-hybridized carbons (Fsp3) is 0.222. The number of furan rings is 1. The van der Waals surface area contributed by atoms with E-state index < -0.39 is 0 Å². The van der Waals surface area contributed by atoms with Crippen LogP contribution in [0.4, 0.5) is 22.7 Å². The molecule has 0 spiro atoms. The predicted octanol–water partition coefficient (Wildman–Crippen LogP) is 14.8. The molecule has 1 aliphatic heterocycles. The van der Waals surface area contributed by atoms with Crippen LogP contribution >= 0.6 is 0 Å². The summed E-state index contributed by atoms with van der Waals surface area (Å²) >= 11 is 0. The number of ether oxygens (including phenoxy) is 1. The molecule has 0 amide bonds. The Labute approximate surface area is 373 Å². The fourth-order valence-corrected chi connectivity index (χ4v) is 8.36. The van der Waals surface area contributed by atoms with Crippen molar-refractivity contribution in [3.05, 3.63) is 163 Å². The quantitative estimate of drug-likeness (QED) is 0.161. The van der Waals surface area contributed by atoms with Gasteiger partial charge >= 0.3 is 0 Å². The first-order chi connectivity index (χ1) is 28.6. The number of para-hydroxylation sites is 2. The van der Waals surface area contributed by atoms with Gasteiger partial charge in [0.1, 0.15) is 17.0 Å². The summed E-state index contributed by atoms with van der Waals surface area (Å²) in [6, 6.07) is 49.8. The van der Waals surface area contributed by atoms with Crippen LogP contribution in [0.25, 0.3) is 49.6 Å². The zero-order chi connectivity index (χ0) is 41.7. The van der Waals surface area contributed by atoms with Crippen LogP contribution in [-0.2, 0) is 37.3 Å². The van der Waals surface area contributed by atoms with Gasteiger partial charge in [-0.3, -0.25) is 0 Å². The Morgan fingerprint density at radius 2 is 1.28 bits per heavy atom. The van der Waals surface area contributed by atoms with Gasteiger partial charge in [-0.2, -0.15) is 12.1 Å². The number of aromatic nitrogens is 2. The van der Waals surface area contributed by atoms with E-state index in [1.165, 1.54) is 16.7 Å². The first-order valence-electron chi connectivity index (χ1n) is 20.8. The van der Waals surface area contributed by atoms with E-state index >= 15 is 0 Å². The molecule has 0 radical (unpaired) electrons. The molecular weight excluding hydrogens is 932 g/mol. The average Bonchev–Trinajstić information content (AvgIpc) is 3.89. The second-order valence-electron chi connectivity index (χ2n) is 19.1. The number of hydrogen-bond donors (Lipinski definition) is 0. The van der Waals surface area contributed by atoms with Gasteiger partial charge in [0.05, 0.1) is 10.9 Å². The second-order valence-corrected chi connectivity index (χ2v) is 19.1. The van der Waals surface area contributed by atoms with Crippen molar-refractivity contribution in [1.29, 1.82) is 0 Å². The maximum atomic E-state index is 6.69. The van der Waals surface area contributed by atoms with Crippen molar-refractivity contribution in [2.75, 3.05) is 9.80 Å². The number of rotatable bonds is 5. The van der Waals surface area contributed by atoms with Crippen molar-refractivity contribution in [2.24, 2.45) is 0 Å². The van der Waals surface area contributed by atoms with E-state index in [2.05, 4.69) is 199 Å². The SMILES string of the molecule is CC(C)(C)c1cc(N2[CH-]N(c3[c-]c(Oc4[c-]c5c(cc4)c4oc6ccc7ccccc7c6c4n5-c4cc(C(C)(C)C)ccn4)ccc3)c3ccccc32)cc(C(C)(C)C)c1.[Pt]. The largest absolute Gasteiger partial charge is 0.509 e. The maximum Gasteiger partial charge on any atom is 0.136 e. The summed E-state index contributed by atoms with van der Waals surface area (Å²) < 4.78 is 15.5. The first-order valence-corrected chi connectivity index (χ1v) is 20.8. The molecule has 10 rings (SSSR count). The van der Waals surface area contributed by atoms with E-state index in [1.54, 1.807) is 0 Å². The molecule has 0 N–H and O–H groups in total. The molecule has 0 atom stereocenters. The van der Waals surface area contributed by atoms with Gasteiger partial charge in [0, 0.05) is 55.8 Å². The topological polar surface area (TPSA) is 46.7 Å². The zero-order valence-corrected chi connectivity index (χ0v) is 38.4. The average molecular weight is 981 g/mol. The molecular formula is C54H49N4O2Pt-3. The maximum absolute atomic E-state index is 6.69. The van der Waals surface area contributed by atoms with E-state index in [9.17, 15) is 0 Å². The minimum absolute atomic E-state index is 0. The summed E-state index contributed by atoms with van der Waals surface area (Å²) in [4.78, 5) is 9.44. The number of anilines is 4. The van der Waals surface area contributed by atoms with Crippen molar-refractivity contribution in [2.45, 2.75) is 78.6 Å². The number of fused-ring (bicyclic) bond motifs is 8. The van der Waals surface area contributed by atoms with Gasteiger partial charge in [-0.05, 0) is 86.2 Å². The van der Waals surface area contributed by atoms with Crippen LogP contribution in [-0.4, -0.2) is 9.55 Å². The van der Waals surface area contributed by atoms with E-state index in [0.717, 1.165) is 72.3 Å². The van der Waals surface area contributed by atoms with Gasteiger partial charge < -0.3 is 23.5 Å². The zero-order valence-electron chi connectivity index (χ0n) is 36.1. The third-order valence-electron chi connectivity index (χ3n) is 11.8. The fourth-order valence-electron chi connectivity index (χ4n) is 8.36. The standard InChI is InChI=1S/C54H49N4O2.Pt/c1-52(2,3)35-25-26-55-48(30-35)58-46-32-41(22-23-43(46)51-50(58)49-42-18-11-10-15-34(42)21-24-47(49)60-51)59-40-17-14-16-38(31-40)56-33-57(45-20-13-12-19-44(45)56)39-28-36(53(4,5)6)27-37(29-39)54(7,8)9;/h10-30,33H,1-9H3;/q-3;. The van der Waals surface area contributed by atoms with E-state index in [-0.39, 0.29) is 37.3 Å². The number of nitrogens with zero attached hydrogens (tertiary/aromatic N) is 4. The molecule has 6 aromatic carbocycles. The Kier molecular flexibility index (Phi) is 9.75. The Hall–Kier alpha value is -5.84. The summed E-state index contributed by atoms with van der Waals surface area (Å²) in [5.41, 5.74) is 11.3. The Morgan fingerprint density at radius 3 is 2.00 bits per heavy atom. The summed E-state index contributed by atoms with van der Waals surface area (Å²) in [7, 11) is 0. The van der Waals surface area contributed by atoms with Gasteiger partial charge in [-0.15, -0.1) is 42.7 Å². The predicted molar refractivity (Wildman–Crippen MR) is 248 cm³/mol. The van der Waals surface area contributed by atoms with Crippen molar-refractivity contribution in [3.8, 4) is 17.3 Å². The van der Waals surface area contributed by atoms with Gasteiger partial charge in [0.15, 0.2) is 0 Å². The van der Waals surface area contributed by atoms with E-state index in [1.807, 2.05) is 24.4 Å². The number of hydrogen-bond acceptors (Lipinski definition) is 5. The van der Waals surface area contributed by atoms with Gasteiger partial charge in [-0.1, -0.05) is 122 Å². The van der Waals surface area contributed by atoms with Crippen LogP contribution in [0.15, 0.2) is 132 Å². The molecule has 310 valence electrons. The van der Waals surface area contributed by atoms with Crippen LogP contribution in [0.5, 0.6) is 11.5 Å². The molecule has 0 saturated heterocycles. The molecule has 7 heteroatoms. The minimum atomic E-state index is -0.0695. The molecule has 0 fully saturated rings. The molecule has 0 saturated carbocycles. The van der Waals surface area contributed by atoms with Crippen LogP contribution in [0.3, 0.4) is 0 Å². The molecule has 9 aromatic rings. The molecule has 1 aliphatic rings. The van der Waals surface area contributed by atoms with Gasteiger partial charge in [-0.25, -0.2) is 4.98 Å². The number of benzene rings is 6. The monoisotopic (exact) mass is 980 g/mol. The molecule has 3 aromatic heterocycles. The Balaban J connectivity index is 0.00000476. The van der Waals surface area contributed by atoms with E-state index in [0.29, 0.717) is 11.5 Å². The van der Waals surface area contributed by atoms with Crippen molar-refractivity contribution in [3.63, 3.8) is 0 Å². The third-order valence-corrected chi connectivity index (χ3v) is 11.8. The Bertz CT molecular complexity index is 3110. The van der Waals surface area contributed by atoms with Crippen LogP contribution in [0, 0.1) is 18.8 Å². The van der Waals surface area contributed by atoms with Crippen LogP contribution in [0.2, 0.25) is 0 Å². The molecule has 6 nitrogen and oxygen atoms in total. The summed E-state index contributed by atoms with van der Waals surface area (Å²) in [6.07, 6.45) is 1.90. The molecule has 0 unspecified atom stereocenters. The smallest absolute Gasteiger partial charge is 0.136 e. The van der Waals surface area contributed by atoms with Crippen molar-refractivity contribution < 1.29 is 30.2 Å². The van der Waals surface area contributed by atoms with Crippen molar-refractivity contribution in [1.82, 2.24) is 9.55 Å². The van der Waals surface area contributed by atoms with Gasteiger partial charge in [0.25, 0.3) is 0 Å². The molecule has 4 heterocycles. The minimum Gasteiger partial charge on any atom is -0.509 e. The number of pyridine rings is 1. The summed E-state index contributed by atoms with van der Waals surface area (Å²) in [5.74, 6) is 1.96. The van der Waals surface area contributed by atoms with E-state index in [4.69, 9.17) is 14.1 Å². The Morgan fingerprint density at radius 1 is 0.607 bits per heavy atom. The third kappa shape index (κ3) is 7.09.